The number of rotatable bonds is 6. The lowest BCUT2D eigenvalue weighted by atomic mass is 10.2. The van der Waals surface area contributed by atoms with Gasteiger partial charge in [-0.1, -0.05) is 59.2 Å². The van der Waals surface area contributed by atoms with E-state index in [4.69, 9.17) is 16.1 Å². The highest BCUT2D eigenvalue weighted by molar-refractivity contribution is 7.88. The highest BCUT2D eigenvalue weighted by Crippen LogP contribution is 2.24. The third-order valence-corrected chi connectivity index (χ3v) is 4.85. The van der Waals surface area contributed by atoms with Crippen molar-refractivity contribution in [1.82, 2.24) is 14.9 Å². The van der Waals surface area contributed by atoms with Crippen LogP contribution in [-0.4, -0.2) is 18.6 Å². The molecule has 1 heterocycles. The zero-order valence-corrected chi connectivity index (χ0v) is 14.1. The number of nitrogens with one attached hydrogen (secondary N) is 1. The molecule has 0 saturated heterocycles. The van der Waals surface area contributed by atoms with E-state index >= 15 is 0 Å². The van der Waals surface area contributed by atoms with Gasteiger partial charge in [-0.25, -0.2) is 13.1 Å². The molecule has 3 aromatic rings. The molecule has 124 valence electrons. The SMILES string of the molecule is O=S(=O)(Cc1ccccc1)NCc1nc(-c2ccccc2Cl)no1. The topological polar surface area (TPSA) is 85.1 Å². The molecule has 0 aliphatic heterocycles. The predicted molar refractivity (Wildman–Crippen MR) is 90.6 cm³/mol. The monoisotopic (exact) mass is 363 g/mol. The molecule has 8 heteroatoms. The van der Waals surface area contributed by atoms with E-state index in [2.05, 4.69) is 14.9 Å². The Morgan fingerprint density at radius 1 is 1.04 bits per heavy atom. The highest BCUT2D eigenvalue weighted by atomic mass is 35.5. The Bertz CT molecular complexity index is 927. The Morgan fingerprint density at radius 3 is 2.50 bits per heavy atom. The fraction of sp³-hybridized carbons (Fsp3) is 0.125. The van der Waals surface area contributed by atoms with Crippen LogP contribution in [0, 0.1) is 0 Å². The van der Waals surface area contributed by atoms with Gasteiger partial charge in [0.05, 0.1) is 17.3 Å². The van der Waals surface area contributed by atoms with Crippen LogP contribution in [0.5, 0.6) is 0 Å². The van der Waals surface area contributed by atoms with Crippen LogP contribution in [0.4, 0.5) is 0 Å². The average Bonchev–Trinajstić information content (AvgIpc) is 3.03. The molecule has 24 heavy (non-hydrogen) atoms. The summed E-state index contributed by atoms with van der Waals surface area (Å²) >= 11 is 6.07. The summed E-state index contributed by atoms with van der Waals surface area (Å²) in [5, 5.41) is 4.32. The van der Waals surface area contributed by atoms with Crippen LogP contribution in [-0.2, 0) is 22.3 Å². The highest BCUT2D eigenvalue weighted by Gasteiger charge is 2.15. The van der Waals surface area contributed by atoms with Gasteiger partial charge in [-0.05, 0) is 17.7 Å². The average molecular weight is 364 g/mol. The smallest absolute Gasteiger partial charge is 0.242 e. The number of halogens is 1. The molecule has 0 saturated carbocycles. The van der Waals surface area contributed by atoms with Gasteiger partial charge in [-0.3, -0.25) is 0 Å². The second-order valence-electron chi connectivity index (χ2n) is 5.06. The van der Waals surface area contributed by atoms with Gasteiger partial charge in [-0.15, -0.1) is 0 Å². The van der Waals surface area contributed by atoms with Gasteiger partial charge in [0.15, 0.2) is 0 Å². The molecular formula is C16H14ClN3O3S. The van der Waals surface area contributed by atoms with Crippen LogP contribution in [0.25, 0.3) is 11.4 Å². The molecule has 0 spiro atoms. The van der Waals surface area contributed by atoms with Crippen LogP contribution in [0.15, 0.2) is 59.1 Å². The molecule has 6 nitrogen and oxygen atoms in total. The van der Waals surface area contributed by atoms with Crippen molar-refractivity contribution in [3.8, 4) is 11.4 Å². The Morgan fingerprint density at radius 2 is 1.75 bits per heavy atom. The lowest BCUT2D eigenvalue weighted by Crippen LogP contribution is -2.24. The Hall–Kier alpha value is -2.22. The van der Waals surface area contributed by atoms with Crippen LogP contribution in [0.2, 0.25) is 5.02 Å². The molecule has 0 aliphatic carbocycles. The van der Waals surface area contributed by atoms with Crippen molar-refractivity contribution in [2.45, 2.75) is 12.3 Å². The third-order valence-electron chi connectivity index (χ3n) is 3.23. The van der Waals surface area contributed by atoms with Crippen LogP contribution < -0.4 is 4.72 Å². The fourth-order valence-corrected chi connectivity index (χ4v) is 3.39. The molecule has 0 radical (unpaired) electrons. The number of benzene rings is 2. The molecular weight excluding hydrogens is 350 g/mol. The summed E-state index contributed by atoms with van der Waals surface area (Å²) in [5.41, 5.74) is 1.33. The largest absolute Gasteiger partial charge is 0.338 e. The van der Waals surface area contributed by atoms with Gasteiger partial charge in [0.2, 0.25) is 21.7 Å². The Labute approximate surface area is 144 Å². The number of hydrogen-bond acceptors (Lipinski definition) is 5. The van der Waals surface area contributed by atoms with Gasteiger partial charge in [0, 0.05) is 5.56 Å². The predicted octanol–water partition coefficient (Wildman–Crippen LogP) is 3.01. The van der Waals surface area contributed by atoms with Gasteiger partial charge in [-0.2, -0.15) is 4.98 Å². The fourth-order valence-electron chi connectivity index (χ4n) is 2.09. The van der Waals surface area contributed by atoms with E-state index in [1.165, 1.54) is 0 Å². The molecule has 3 rings (SSSR count). The third kappa shape index (κ3) is 4.19. The van der Waals surface area contributed by atoms with E-state index in [0.29, 0.717) is 22.0 Å². The summed E-state index contributed by atoms with van der Waals surface area (Å²) in [5.74, 6) is 0.374. The van der Waals surface area contributed by atoms with Gasteiger partial charge in [0.1, 0.15) is 0 Å². The number of aromatic nitrogens is 2. The first-order chi connectivity index (χ1) is 11.5. The van der Waals surface area contributed by atoms with Crippen molar-refractivity contribution < 1.29 is 12.9 Å². The lowest BCUT2D eigenvalue weighted by molar-refractivity contribution is 0.376. The summed E-state index contributed by atoms with van der Waals surface area (Å²) in [6.45, 7) is -0.0768. The van der Waals surface area contributed by atoms with E-state index in [-0.39, 0.29) is 18.2 Å². The standard InChI is InChI=1S/C16H14ClN3O3S/c17-14-9-5-4-8-13(14)16-19-15(23-20-16)10-18-24(21,22)11-12-6-2-1-3-7-12/h1-9,18H,10-11H2. The summed E-state index contributed by atoms with van der Waals surface area (Å²) in [6, 6.07) is 16.0. The van der Waals surface area contributed by atoms with Crippen molar-refractivity contribution in [2.24, 2.45) is 0 Å². The summed E-state index contributed by atoms with van der Waals surface area (Å²) in [7, 11) is -3.50. The van der Waals surface area contributed by atoms with E-state index in [1.807, 2.05) is 6.07 Å². The second-order valence-corrected chi connectivity index (χ2v) is 7.27. The maximum absolute atomic E-state index is 12.1. The number of sulfonamides is 1. The molecule has 0 bridgehead atoms. The van der Waals surface area contributed by atoms with E-state index in [9.17, 15) is 8.42 Å². The van der Waals surface area contributed by atoms with Crippen LogP contribution in [0.1, 0.15) is 11.5 Å². The van der Waals surface area contributed by atoms with Crippen molar-refractivity contribution >= 4 is 21.6 Å². The van der Waals surface area contributed by atoms with Crippen LogP contribution >= 0.6 is 11.6 Å². The first kappa shape index (κ1) is 16.6. The van der Waals surface area contributed by atoms with Gasteiger partial charge in [0.25, 0.3) is 0 Å². The number of nitrogens with zero attached hydrogens (tertiary/aromatic N) is 2. The summed E-state index contributed by atoms with van der Waals surface area (Å²) in [6.07, 6.45) is 0. The molecule has 1 aromatic heterocycles. The van der Waals surface area contributed by atoms with E-state index < -0.39 is 10.0 Å². The van der Waals surface area contributed by atoms with E-state index in [1.54, 1.807) is 48.5 Å². The zero-order valence-electron chi connectivity index (χ0n) is 12.5. The maximum atomic E-state index is 12.1. The Balaban J connectivity index is 1.66. The molecule has 0 atom stereocenters. The summed E-state index contributed by atoms with van der Waals surface area (Å²) < 4.78 is 31.7. The molecule has 0 amide bonds. The Kier molecular flexibility index (Phi) is 4.94. The quantitative estimate of drug-likeness (QED) is 0.727. The van der Waals surface area contributed by atoms with Crippen molar-refractivity contribution in [1.29, 1.82) is 0 Å². The van der Waals surface area contributed by atoms with Crippen LogP contribution in [0.3, 0.4) is 0 Å². The molecule has 2 aromatic carbocycles. The minimum Gasteiger partial charge on any atom is -0.338 e. The molecule has 1 N–H and O–H groups in total. The van der Waals surface area contributed by atoms with Crippen molar-refractivity contribution in [3.05, 3.63) is 71.1 Å². The first-order valence-electron chi connectivity index (χ1n) is 7.12. The lowest BCUT2D eigenvalue weighted by Gasteiger charge is -2.04. The van der Waals surface area contributed by atoms with Gasteiger partial charge >= 0.3 is 0 Å². The minimum atomic E-state index is -3.50. The molecule has 0 unspecified atom stereocenters. The molecule has 0 aliphatic rings. The normalized spacial score (nSPS) is 11.5. The minimum absolute atomic E-state index is 0.0768. The second kappa shape index (κ2) is 7.12. The maximum Gasteiger partial charge on any atom is 0.242 e. The zero-order chi connectivity index (χ0) is 17.0. The van der Waals surface area contributed by atoms with Crippen molar-refractivity contribution in [3.63, 3.8) is 0 Å². The number of hydrogen-bond donors (Lipinski definition) is 1. The van der Waals surface area contributed by atoms with Gasteiger partial charge < -0.3 is 4.52 Å². The summed E-state index contributed by atoms with van der Waals surface area (Å²) in [4.78, 5) is 4.16. The van der Waals surface area contributed by atoms with Crippen molar-refractivity contribution in [2.75, 3.05) is 0 Å². The first-order valence-corrected chi connectivity index (χ1v) is 9.15. The molecule has 0 fully saturated rings. The van der Waals surface area contributed by atoms with E-state index in [0.717, 1.165) is 0 Å².